The van der Waals surface area contributed by atoms with Crippen LogP contribution in [0.3, 0.4) is 0 Å². The van der Waals surface area contributed by atoms with Crippen LogP contribution in [0.4, 0.5) is 5.69 Å². The molecule has 2 aromatic rings. The number of halogens is 1. The molecule has 5 nitrogen and oxygen atoms in total. The lowest BCUT2D eigenvalue weighted by atomic mass is 10.1. The summed E-state index contributed by atoms with van der Waals surface area (Å²) < 4.78 is 12.1. The summed E-state index contributed by atoms with van der Waals surface area (Å²) in [4.78, 5) is 11.1. The van der Waals surface area contributed by atoms with Gasteiger partial charge in [0.05, 0.1) is 18.8 Å². The Balaban J connectivity index is 2.23. The molecule has 6 heteroatoms. The molecule has 0 aliphatic rings. The number of nitrogens with one attached hydrogen (secondary N) is 1. The van der Waals surface area contributed by atoms with Crippen LogP contribution in [0.2, 0.25) is 0 Å². The predicted octanol–water partition coefficient (Wildman–Crippen LogP) is 4.86. The first kappa shape index (κ1) is 19.1. The van der Waals surface area contributed by atoms with E-state index in [9.17, 15) is 4.79 Å². The number of hydrogen-bond acceptors (Lipinski definition) is 4. The van der Waals surface area contributed by atoms with Gasteiger partial charge in [-0.3, -0.25) is 0 Å². The Morgan fingerprint density at radius 1 is 1.24 bits per heavy atom. The molecule has 2 rings (SSSR count). The highest BCUT2D eigenvalue weighted by molar-refractivity contribution is 9.10. The van der Waals surface area contributed by atoms with Crippen molar-refractivity contribution in [3.05, 3.63) is 51.5 Å². The van der Waals surface area contributed by atoms with Crippen molar-refractivity contribution in [1.29, 1.82) is 0 Å². The third kappa shape index (κ3) is 4.89. The largest absolute Gasteiger partial charge is 0.493 e. The van der Waals surface area contributed by atoms with Gasteiger partial charge in [0.2, 0.25) is 0 Å². The number of carboxylic acid groups (broad SMARTS) is 1. The van der Waals surface area contributed by atoms with Gasteiger partial charge in [-0.25, -0.2) is 4.79 Å². The van der Waals surface area contributed by atoms with Gasteiger partial charge in [0.15, 0.2) is 11.5 Å². The van der Waals surface area contributed by atoms with Crippen molar-refractivity contribution in [3.8, 4) is 11.5 Å². The Kier molecular flexibility index (Phi) is 6.31. The second-order valence-corrected chi connectivity index (χ2v) is 6.80. The molecule has 2 N–H and O–H groups in total. The maximum atomic E-state index is 11.1. The Morgan fingerprint density at radius 2 is 1.96 bits per heavy atom. The van der Waals surface area contributed by atoms with Crippen molar-refractivity contribution >= 4 is 27.6 Å². The average Bonchev–Trinajstić information content (AvgIpc) is 2.54. The van der Waals surface area contributed by atoms with Crippen LogP contribution >= 0.6 is 15.9 Å². The molecule has 134 valence electrons. The highest BCUT2D eigenvalue weighted by Gasteiger charge is 2.12. The van der Waals surface area contributed by atoms with Crippen LogP contribution < -0.4 is 14.8 Å². The number of benzene rings is 2. The molecular weight excluding hydrogens is 386 g/mol. The van der Waals surface area contributed by atoms with E-state index in [1.807, 2.05) is 32.9 Å². The summed E-state index contributed by atoms with van der Waals surface area (Å²) in [5.41, 5.74) is 3.00. The fourth-order valence-electron chi connectivity index (χ4n) is 2.35. The van der Waals surface area contributed by atoms with Gasteiger partial charge >= 0.3 is 5.97 Å². The first-order valence-electron chi connectivity index (χ1n) is 7.92. The molecule has 0 fully saturated rings. The van der Waals surface area contributed by atoms with Gasteiger partial charge < -0.3 is 19.9 Å². The molecule has 0 bridgehead atoms. The molecule has 0 aliphatic carbocycles. The second-order valence-electron chi connectivity index (χ2n) is 5.95. The summed E-state index contributed by atoms with van der Waals surface area (Å²) in [6.07, 6.45) is 0.0474. The zero-order valence-corrected chi connectivity index (χ0v) is 16.3. The summed E-state index contributed by atoms with van der Waals surface area (Å²) >= 11 is 3.56. The van der Waals surface area contributed by atoms with Gasteiger partial charge in [-0.05, 0) is 56.2 Å². The van der Waals surface area contributed by atoms with Crippen molar-refractivity contribution in [2.75, 3.05) is 12.4 Å². The zero-order chi connectivity index (χ0) is 18.6. The van der Waals surface area contributed by atoms with Crippen LogP contribution in [-0.2, 0) is 6.54 Å². The Bertz CT molecular complexity index is 774. The van der Waals surface area contributed by atoms with E-state index in [1.165, 1.54) is 0 Å². The lowest BCUT2D eigenvalue weighted by Gasteiger charge is -2.17. The van der Waals surface area contributed by atoms with Crippen LogP contribution in [0.5, 0.6) is 11.5 Å². The molecule has 0 aliphatic heterocycles. The van der Waals surface area contributed by atoms with Crippen molar-refractivity contribution in [2.45, 2.75) is 33.4 Å². The summed E-state index contributed by atoms with van der Waals surface area (Å²) in [7, 11) is 1.61. The molecule has 0 aromatic heterocycles. The Morgan fingerprint density at radius 3 is 2.56 bits per heavy atom. The topological polar surface area (TPSA) is 67.8 Å². The van der Waals surface area contributed by atoms with Gasteiger partial charge in [0.1, 0.15) is 0 Å². The summed E-state index contributed by atoms with van der Waals surface area (Å²) in [5.74, 6) is 0.392. The second kappa shape index (κ2) is 8.25. The van der Waals surface area contributed by atoms with E-state index in [0.29, 0.717) is 18.0 Å². The van der Waals surface area contributed by atoms with Gasteiger partial charge in [-0.1, -0.05) is 22.0 Å². The van der Waals surface area contributed by atoms with Crippen LogP contribution in [0.25, 0.3) is 0 Å². The SMILES string of the molecule is COc1cc(CNc2cc(C(=O)O)ccc2C)c(Br)cc1OC(C)C. The molecule has 0 saturated heterocycles. The number of hydrogen-bond donors (Lipinski definition) is 2. The van der Waals surface area contributed by atoms with E-state index >= 15 is 0 Å². The van der Waals surface area contributed by atoms with E-state index in [2.05, 4.69) is 21.2 Å². The number of aromatic carboxylic acids is 1. The number of carbonyl (C=O) groups is 1. The Labute approximate surface area is 156 Å². The molecular formula is C19H22BrNO4. The normalized spacial score (nSPS) is 10.6. The van der Waals surface area contributed by atoms with Crippen LogP contribution in [0.15, 0.2) is 34.8 Å². The molecule has 0 amide bonds. The molecule has 0 radical (unpaired) electrons. The fraction of sp³-hybridized carbons (Fsp3) is 0.316. The minimum Gasteiger partial charge on any atom is -0.493 e. The molecule has 0 atom stereocenters. The predicted molar refractivity (Wildman–Crippen MR) is 102 cm³/mol. The summed E-state index contributed by atoms with van der Waals surface area (Å²) in [5, 5.41) is 12.4. The highest BCUT2D eigenvalue weighted by Crippen LogP contribution is 2.34. The number of aryl methyl sites for hydroxylation is 1. The van der Waals surface area contributed by atoms with Crippen molar-refractivity contribution in [1.82, 2.24) is 0 Å². The molecule has 0 spiro atoms. The fourth-order valence-corrected chi connectivity index (χ4v) is 2.82. The lowest BCUT2D eigenvalue weighted by Crippen LogP contribution is -2.08. The van der Waals surface area contributed by atoms with Crippen molar-refractivity contribution in [3.63, 3.8) is 0 Å². The number of methoxy groups -OCH3 is 1. The minimum atomic E-state index is -0.943. The van der Waals surface area contributed by atoms with E-state index in [0.717, 1.165) is 21.3 Å². The lowest BCUT2D eigenvalue weighted by molar-refractivity contribution is 0.0697. The van der Waals surface area contributed by atoms with E-state index < -0.39 is 5.97 Å². The number of carboxylic acids is 1. The van der Waals surface area contributed by atoms with Gasteiger partial charge in [0, 0.05) is 16.7 Å². The number of rotatable bonds is 7. The quantitative estimate of drug-likeness (QED) is 0.685. The molecule has 0 saturated carbocycles. The maximum Gasteiger partial charge on any atom is 0.335 e. The standard InChI is InChI=1S/C19H22BrNO4/c1-11(2)25-18-9-15(20)14(8-17(18)24-4)10-21-16-7-13(19(22)23)6-5-12(16)3/h5-9,11,21H,10H2,1-4H3,(H,22,23). The van der Waals surface area contributed by atoms with Crippen LogP contribution in [0, 0.1) is 6.92 Å². The molecule has 2 aromatic carbocycles. The highest BCUT2D eigenvalue weighted by atomic mass is 79.9. The average molecular weight is 408 g/mol. The Hall–Kier alpha value is -2.21. The van der Waals surface area contributed by atoms with E-state index in [4.69, 9.17) is 14.6 Å². The number of ether oxygens (including phenoxy) is 2. The maximum absolute atomic E-state index is 11.1. The third-order valence-corrected chi connectivity index (χ3v) is 4.39. The van der Waals surface area contributed by atoms with E-state index in [1.54, 1.807) is 25.3 Å². The summed E-state index contributed by atoms with van der Waals surface area (Å²) in [6, 6.07) is 8.82. The molecule has 25 heavy (non-hydrogen) atoms. The monoisotopic (exact) mass is 407 g/mol. The van der Waals surface area contributed by atoms with Crippen molar-refractivity contribution in [2.24, 2.45) is 0 Å². The first-order valence-corrected chi connectivity index (χ1v) is 8.72. The molecule has 0 heterocycles. The summed E-state index contributed by atoms with van der Waals surface area (Å²) in [6.45, 7) is 6.37. The smallest absolute Gasteiger partial charge is 0.335 e. The van der Waals surface area contributed by atoms with Crippen LogP contribution in [-0.4, -0.2) is 24.3 Å². The third-order valence-electron chi connectivity index (χ3n) is 3.65. The van der Waals surface area contributed by atoms with Gasteiger partial charge in [0.25, 0.3) is 0 Å². The minimum absolute atomic E-state index is 0.0474. The zero-order valence-electron chi connectivity index (χ0n) is 14.7. The van der Waals surface area contributed by atoms with Gasteiger partial charge in [-0.2, -0.15) is 0 Å². The molecule has 0 unspecified atom stereocenters. The van der Waals surface area contributed by atoms with E-state index in [-0.39, 0.29) is 11.7 Å². The van der Waals surface area contributed by atoms with Gasteiger partial charge in [-0.15, -0.1) is 0 Å². The van der Waals surface area contributed by atoms with Crippen molar-refractivity contribution < 1.29 is 19.4 Å². The number of anilines is 1. The van der Waals surface area contributed by atoms with Crippen LogP contribution in [0.1, 0.15) is 35.3 Å². The first-order chi connectivity index (χ1) is 11.8.